The maximum atomic E-state index is 12.0. The lowest BCUT2D eigenvalue weighted by Crippen LogP contribution is -2.37. The summed E-state index contributed by atoms with van der Waals surface area (Å²) in [5.41, 5.74) is 0. The molecule has 0 aromatic carbocycles. The van der Waals surface area contributed by atoms with E-state index in [0.717, 1.165) is 11.5 Å². The summed E-state index contributed by atoms with van der Waals surface area (Å²) in [6, 6.07) is 0. The van der Waals surface area contributed by atoms with Gasteiger partial charge in [0.25, 0.3) is 0 Å². The van der Waals surface area contributed by atoms with Crippen molar-refractivity contribution in [2.45, 2.75) is 116 Å². The lowest BCUT2D eigenvalue weighted by molar-refractivity contribution is -0.870. The minimum absolute atomic E-state index is 0.0701. The first-order chi connectivity index (χ1) is 16.7. The van der Waals surface area contributed by atoms with Gasteiger partial charge in [-0.25, -0.2) is 4.57 Å². The summed E-state index contributed by atoms with van der Waals surface area (Å²) in [4.78, 5) is 9.83. The van der Waals surface area contributed by atoms with Crippen molar-refractivity contribution in [1.29, 1.82) is 0 Å². The molecule has 6 nitrogen and oxygen atoms in total. The SMILES string of the molecule is CCCCCCCCCCCCCCCCCCSCC(COP(=O)(O)OCC[N+](C)(C)C)OC. The number of ether oxygens (including phenoxy) is 1. The molecule has 212 valence electrons. The number of rotatable bonds is 27. The molecule has 0 aliphatic carbocycles. The predicted molar refractivity (Wildman–Crippen MR) is 152 cm³/mol. The van der Waals surface area contributed by atoms with Crippen LogP contribution in [0.1, 0.15) is 110 Å². The summed E-state index contributed by atoms with van der Waals surface area (Å²) < 4.78 is 28.2. The molecule has 8 heteroatoms. The quantitative estimate of drug-likeness (QED) is 0.0650. The zero-order valence-corrected chi connectivity index (χ0v) is 25.5. The number of methoxy groups -OCH3 is 1. The number of thioether (sulfide) groups is 1. The van der Waals surface area contributed by atoms with Crippen molar-refractivity contribution in [3.05, 3.63) is 0 Å². The van der Waals surface area contributed by atoms with E-state index in [4.69, 9.17) is 13.8 Å². The van der Waals surface area contributed by atoms with Crippen molar-refractivity contribution >= 4 is 19.6 Å². The first kappa shape index (κ1) is 35.4. The minimum Gasteiger partial charge on any atom is -0.378 e. The molecular formula is C27H59NO5PS+. The Labute approximate surface area is 222 Å². The third-order valence-electron chi connectivity index (χ3n) is 6.22. The summed E-state index contributed by atoms with van der Waals surface area (Å²) in [5, 5.41) is 0. The monoisotopic (exact) mass is 540 g/mol. The highest BCUT2D eigenvalue weighted by Gasteiger charge is 2.24. The summed E-state index contributed by atoms with van der Waals surface area (Å²) >= 11 is 1.82. The van der Waals surface area contributed by atoms with Crippen molar-refractivity contribution < 1.29 is 27.7 Å². The molecule has 35 heavy (non-hydrogen) atoms. The first-order valence-corrected chi connectivity index (χ1v) is 16.9. The zero-order chi connectivity index (χ0) is 26.3. The maximum Gasteiger partial charge on any atom is 0.472 e. The molecule has 0 aromatic heterocycles. The highest BCUT2D eigenvalue weighted by molar-refractivity contribution is 7.99. The van der Waals surface area contributed by atoms with E-state index < -0.39 is 7.82 Å². The van der Waals surface area contributed by atoms with Gasteiger partial charge in [-0.3, -0.25) is 9.05 Å². The van der Waals surface area contributed by atoms with E-state index in [0.29, 0.717) is 11.0 Å². The Morgan fingerprint density at radius 1 is 0.771 bits per heavy atom. The van der Waals surface area contributed by atoms with Crippen LogP contribution in [0.4, 0.5) is 0 Å². The van der Waals surface area contributed by atoms with Crippen LogP contribution in [0, 0.1) is 0 Å². The molecule has 0 heterocycles. The Balaban J connectivity index is 3.49. The van der Waals surface area contributed by atoms with Gasteiger partial charge < -0.3 is 14.1 Å². The molecule has 0 amide bonds. The molecule has 0 spiro atoms. The number of phosphoric ester groups is 1. The molecular weight excluding hydrogens is 481 g/mol. The summed E-state index contributed by atoms with van der Waals surface area (Å²) in [7, 11) is 3.60. The smallest absolute Gasteiger partial charge is 0.378 e. The van der Waals surface area contributed by atoms with Gasteiger partial charge in [-0.1, -0.05) is 103 Å². The molecule has 0 aliphatic rings. The number of hydrogen-bond donors (Lipinski definition) is 1. The fourth-order valence-corrected chi connectivity index (χ4v) is 5.61. The van der Waals surface area contributed by atoms with Crippen LogP contribution in [-0.4, -0.2) is 75.0 Å². The van der Waals surface area contributed by atoms with Gasteiger partial charge in [0.15, 0.2) is 0 Å². The first-order valence-electron chi connectivity index (χ1n) is 14.2. The van der Waals surface area contributed by atoms with E-state index in [2.05, 4.69) is 6.92 Å². The number of likely N-dealkylation sites (N-methyl/N-ethyl adjacent to an activating group) is 1. The van der Waals surface area contributed by atoms with E-state index in [1.165, 1.54) is 103 Å². The van der Waals surface area contributed by atoms with Crippen LogP contribution in [-0.2, 0) is 18.3 Å². The van der Waals surface area contributed by atoms with Crippen molar-refractivity contribution in [2.24, 2.45) is 0 Å². The van der Waals surface area contributed by atoms with Crippen molar-refractivity contribution in [1.82, 2.24) is 0 Å². The second-order valence-corrected chi connectivity index (χ2v) is 13.5. The fourth-order valence-electron chi connectivity index (χ4n) is 3.80. The highest BCUT2D eigenvalue weighted by Crippen LogP contribution is 2.43. The van der Waals surface area contributed by atoms with Gasteiger partial charge in [-0.15, -0.1) is 0 Å². The average molecular weight is 541 g/mol. The van der Waals surface area contributed by atoms with E-state index >= 15 is 0 Å². The van der Waals surface area contributed by atoms with E-state index in [9.17, 15) is 9.46 Å². The molecule has 2 atom stereocenters. The highest BCUT2D eigenvalue weighted by atomic mass is 32.2. The fraction of sp³-hybridized carbons (Fsp3) is 1.00. The van der Waals surface area contributed by atoms with Crippen molar-refractivity contribution in [3.63, 3.8) is 0 Å². The van der Waals surface area contributed by atoms with Gasteiger partial charge in [0, 0.05) is 12.9 Å². The predicted octanol–water partition coefficient (Wildman–Crippen LogP) is 7.84. The Hall–Kier alpha value is 0.380. The second-order valence-electron chi connectivity index (χ2n) is 10.8. The second kappa shape index (κ2) is 23.5. The van der Waals surface area contributed by atoms with E-state index in [1.807, 2.05) is 32.9 Å². The van der Waals surface area contributed by atoms with Crippen LogP contribution in [0.15, 0.2) is 0 Å². The van der Waals surface area contributed by atoms with Crippen molar-refractivity contribution in [3.8, 4) is 0 Å². The molecule has 0 saturated heterocycles. The molecule has 0 bridgehead atoms. The Morgan fingerprint density at radius 2 is 1.23 bits per heavy atom. The van der Waals surface area contributed by atoms with Crippen molar-refractivity contribution in [2.75, 3.05) is 59.5 Å². The number of phosphoric acid groups is 1. The number of hydrogen-bond acceptors (Lipinski definition) is 5. The summed E-state index contributed by atoms with van der Waals surface area (Å²) in [6.45, 7) is 3.17. The lowest BCUT2D eigenvalue weighted by atomic mass is 10.0. The molecule has 2 unspecified atom stereocenters. The molecule has 0 fully saturated rings. The minimum atomic E-state index is -4.02. The molecule has 0 aliphatic heterocycles. The van der Waals surface area contributed by atoms with Gasteiger partial charge in [-0.05, 0) is 12.2 Å². The molecule has 0 rings (SSSR count). The third kappa shape index (κ3) is 27.2. The topological polar surface area (TPSA) is 65.0 Å². The normalized spacial score (nSPS) is 14.8. The van der Waals surface area contributed by atoms with E-state index in [1.54, 1.807) is 7.11 Å². The third-order valence-corrected chi connectivity index (χ3v) is 8.39. The number of nitrogens with zero attached hydrogens (tertiary/aromatic N) is 1. The Kier molecular flexibility index (Phi) is 23.7. The Morgan fingerprint density at radius 3 is 1.66 bits per heavy atom. The zero-order valence-electron chi connectivity index (χ0n) is 23.8. The molecule has 0 radical (unpaired) electrons. The van der Waals surface area contributed by atoms with E-state index in [-0.39, 0.29) is 19.3 Å². The van der Waals surface area contributed by atoms with Crippen LogP contribution in [0.5, 0.6) is 0 Å². The summed E-state index contributed by atoms with van der Waals surface area (Å²) in [5.74, 6) is 1.85. The molecule has 0 saturated carbocycles. The molecule has 1 N–H and O–H groups in total. The average Bonchev–Trinajstić information content (AvgIpc) is 2.79. The van der Waals surface area contributed by atoms with Gasteiger partial charge in [0.05, 0.1) is 33.9 Å². The maximum absolute atomic E-state index is 12.0. The lowest BCUT2D eigenvalue weighted by Gasteiger charge is -2.24. The van der Waals surface area contributed by atoms with Crippen LogP contribution < -0.4 is 0 Å². The largest absolute Gasteiger partial charge is 0.472 e. The van der Waals surface area contributed by atoms with Gasteiger partial charge in [-0.2, -0.15) is 11.8 Å². The van der Waals surface area contributed by atoms with Crippen LogP contribution in [0.3, 0.4) is 0 Å². The van der Waals surface area contributed by atoms with Crippen LogP contribution >= 0.6 is 19.6 Å². The Bertz CT molecular complexity index is 504. The summed E-state index contributed by atoms with van der Waals surface area (Å²) in [6.07, 6.45) is 21.9. The number of quaternary nitrogens is 1. The van der Waals surface area contributed by atoms with Crippen LogP contribution in [0.2, 0.25) is 0 Å². The van der Waals surface area contributed by atoms with Gasteiger partial charge in [0.1, 0.15) is 13.2 Å². The van der Waals surface area contributed by atoms with Gasteiger partial charge >= 0.3 is 7.82 Å². The standard InChI is InChI=1S/C27H58NO5PS/c1-6-7-8-9-10-11-12-13-14-15-16-17-18-19-20-21-24-35-26-27(31-5)25-33-34(29,30)32-23-22-28(2,3)4/h27H,6-26H2,1-5H3/p+1. The number of unbranched alkanes of at least 4 members (excludes halogenated alkanes) is 15. The van der Waals surface area contributed by atoms with Gasteiger partial charge in [0.2, 0.25) is 0 Å². The van der Waals surface area contributed by atoms with Crippen LogP contribution in [0.25, 0.3) is 0 Å². The molecule has 0 aromatic rings.